The molecule has 1 aliphatic carbocycles. The van der Waals surface area contributed by atoms with Crippen LogP contribution < -0.4 is 10.6 Å². The molecular formula is C22H28N2O3. The van der Waals surface area contributed by atoms with E-state index in [2.05, 4.69) is 30.5 Å². The molecule has 27 heavy (non-hydrogen) atoms. The van der Waals surface area contributed by atoms with Crippen molar-refractivity contribution in [2.75, 3.05) is 25.1 Å². The summed E-state index contributed by atoms with van der Waals surface area (Å²) in [5.41, 5.74) is 4.60. The molecule has 3 N–H and O–H groups in total. The Hall–Kier alpha value is -2.37. The van der Waals surface area contributed by atoms with Crippen LogP contribution in [0.5, 0.6) is 0 Å². The van der Waals surface area contributed by atoms with Gasteiger partial charge < -0.3 is 20.5 Å². The summed E-state index contributed by atoms with van der Waals surface area (Å²) in [6.45, 7) is 5.23. The summed E-state index contributed by atoms with van der Waals surface area (Å²) in [6, 6.07) is 13.4. The first-order valence-electron chi connectivity index (χ1n) is 9.51. The summed E-state index contributed by atoms with van der Waals surface area (Å²) >= 11 is 0. The van der Waals surface area contributed by atoms with Crippen LogP contribution in [0.1, 0.15) is 34.3 Å². The summed E-state index contributed by atoms with van der Waals surface area (Å²) in [5, 5.41) is 16.1. The molecule has 2 aromatic carbocycles. The van der Waals surface area contributed by atoms with Crippen molar-refractivity contribution in [1.29, 1.82) is 0 Å². The van der Waals surface area contributed by atoms with Crippen molar-refractivity contribution < 1.29 is 14.6 Å². The van der Waals surface area contributed by atoms with E-state index in [1.807, 2.05) is 30.3 Å². The zero-order valence-electron chi connectivity index (χ0n) is 16.0. The van der Waals surface area contributed by atoms with Gasteiger partial charge in [-0.25, -0.2) is 0 Å². The maximum Gasteiger partial charge on any atom is 0.253 e. The highest BCUT2D eigenvalue weighted by Gasteiger charge is 2.21. The SMILES string of the molecule is Cc1cccc(Nc2ccccc2C(=O)NC[C@H](O)COCC2CC2)c1C. The predicted molar refractivity (Wildman–Crippen MR) is 108 cm³/mol. The second-order valence-electron chi connectivity index (χ2n) is 7.26. The lowest BCUT2D eigenvalue weighted by molar-refractivity contribution is 0.0321. The second-order valence-corrected chi connectivity index (χ2v) is 7.26. The van der Waals surface area contributed by atoms with Gasteiger partial charge >= 0.3 is 0 Å². The van der Waals surface area contributed by atoms with Crippen molar-refractivity contribution in [2.24, 2.45) is 5.92 Å². The van der Waals surface area contributed by atoms with Crippen LogP contribution in [0, 0.1) is 19.8 Å². The molecule has 0 heterocycles. The number of anilines is 2. The predicted octanol–water partition coefficient (Wildman–Crippen LogP) is 3.56. The minimum atomic E-state index is -0.702. The topological polar surface area (TPSA) is 70.6 Å². The van der Waals surface area contributed by atoms with Gasteiger partial charge in [0.15, 0.2) is 0 Å². The van der Waals surface area contributed by atoms with E-state index in [-0.39, 0.29) is 19.1 Å². The molecule has 5 nitrogen and oxygen atoms in total. The van der Waals surface area contributed by atoms with Gasteiger partial charge in [-0.1, -0.05) is 24.3 Å². The Morgan fingerprint density at radius 3 is 2.67 bits per heavy atom. The van der Waals surface area contributed by atoms with Crippen molar-refractivity contribution in [2.45, 2.75) is 32.8 Å². The molecule has 2 aromatic rings. The van der Waals surface area contributed by atoms with E-state index in [0.29, 0.717) is 18.1 Å². The van der Waals surface area contributed by atoms with Gasteiger partial charge in [-0.2, -0.15) is 0 Å². The number of rotatable bonds is 9. The van der Waals surface area contributed by atoms with E-state index >= 15 is 0 Å². The molecule has 0 bridgehead atoms. The number of nitrogens with one attached hydrogen (secondary N) is 2. The van der Waals surface area contributed by atoms with Crippen molar-refractivity contribution in [3.63, 3.8) is 0 Å². The van der Waals surface area contributed by atoms with Gasteiger partial charge in [0.25, 0.3) is 5.91 Å². The van der Waals surface area contributed by atoms with Gasteiger partial charge in [-0.05, 0) is 61.9 Å². The van der Waals surface area contributed by atoms with Crippen molar-refractivity contribution >= 4 is 17.3 Å². The Morgan fingerprint density at radius 1 is 1.15 bits per heavy atom. The fourth-order valence-electron chi connectivity index (χ4n) is 2.84. The minimum absolute atomic E-state index is 0.168. The molecular weight excluding hydrogens is 340 g/mol. The molecule has 1 aliphatic rings. The number of carbonyl (C=O) groups is 1. The van der Waals surface area contributed by atoms with Crippen LogP contribution in [-0.4, -0.2) is 36.9 Å². The number of aliphatic hydroxyl groups excluding tert-OH is 1. The van der Waals surface area contributed by atoms with Crippen LogP contribution in [0.4, 0.5) is 11.4 Å². The third kappa shape index (κ3) is 5.55. The lowest BCUT2D eigenvalue weighted by Crippen LogP contribution is -2.35. The molecule has 0 aromatic heterocycles. The fourth-order valence-corrected chi connectivity index (χ4v) is 2.84. The molecule has 1 atom stereocenters. The third-order valence-corrected chi connectivity index (χ3v) is 4.90. The molecule has 0 saturated heterocycles. The number of aliphatic hydroxyl groups is 1. The molecule has 0 spiro atoms. The third-order valence-electron chi connectivity index (χ3n) is 4.90. The Balaban J connectivity index is 1.58. The van der Waals surface area contributed by atoms with Crippen molar-refractivity contribution in [3.05, 3.63) is 59.2 Å². The average Bonchev–Trinajstić information content (AvgIpc) is 3.48. The molecule has 5 heteroatoms. The first-order chi connectivity index (χ1) is 13.0. The molecule has 0 aliphatic heterocycles. The average molecular weight is 368 g/mol. The lowest BCUT2D eigenvalue weighted by atomic mass is 10.1. The highest BCUT2D eigenvalue weighted by molar-refractivity contribution is 6.00. The number of benzene rings is 2. The largest absolute Gasteiger partial charge is 0.389 e. The number of hydrogen-bond acceptors (Lipinski definition) is 4. The van der Waals surface area contributed by atoms with Crippen LogP contribution >= 0.6 is 0 Å². The Labute approximate surface area is 160 Å². The summed E-state index contributed by atoms with van der Waals surface area (Å²) < 4.78 is 5.47. The van der Waals surface area contributed by atoms with Gasteiger partial charge in [0, 0.05) is 18.8 Å². The van der Waals surface area contributed by atoms with E-state index in [1.165, 1.54) is 18.4 Å². The van der Waals surface area contributed by atoms with Gasteiger partial charge in [0.1, 0.15) is 0 Å². The number of hydrogen-bond donors (Lipinski definition) is 3. The van der Waals surface area contributed by atoms with Crippen LogP contribution in [-0.2, 0) is 4.74 Å². The number of ether oxygens (including phenoxy) is 1. The maximum atomic E-state index is 12.6. The smallest absolute Gasteiger partial charge is 0.253 e. The quantitative estimate of drug-likeness (QED) is 0.633. The van der Waals surface area contributed by atoms with Gasteiger partial charge in [0.05, 0.1) is 24.0 Å². The van der Waals surface area contributed by atoms with Crippen molar-refractivity contribution in [3.8, 4) is 0 Å². The molecule has 1 fully saturated rings. The summed E-state index contributed by atoms with van der Waals surface area (Å²) in [7, 11) is 0. The number of aryl methyl sites for hydroxylation is 1. The van der Waals surface area contributed by atoms with E-state index in [1.54, 1.807) is 6.07 Å². The van der Waals surface area contributed by atoms with Crippen LogP contribution in [0.25, 0.3) is 0 Å². The zero-order chi connectivity index (χ0) is 19.2. The van der Waals surface area contributed by atoms with E-state index in [4.69, 9.17) is 4.74 Å². The monoisotopic (exact) mass is 368 g/mol. The summed E-state index contributed by atoms with van der Waals surface area (Å²) in [6.07, 6.45) is 1.74. The van der Waals surface area contributed by atoms with Crippen LogP contribution in [0.15, 0.2) is 42.5 Å². The summed E-state index contributed by atoms with van der Waals surface area (Å²) in [4.78, 5) is 12.6. The molecule has 144 valence electrons. The number of para-hydroxylation sites is 1. The lowest BCUT2D eigenvalue weighted by Gasteiger charge is -2.16. The van der Waals surface area contributed by atoms with Crippen LogP contribution in [0.3, 0.4) is 0 Å². The zero-order valence-corrected chi connectivity index (χ0v) is 16.0. The summed E-state index contributed by atoms with van der Waals surface area (Å²) in [5.74, 6) is 0.444. The number of carbonyl (C=O) groups excluding carboxylic acids is 1. The normalized spacial score (nSPS) is 14.6. The van der Waals surface area contributed by atoms with E-state index in [0.717, 1.165) is 16.9 Å². The molecule has 1 saturated carbocycles. The highest BCUT2D eigenvalue weighted by atomic mass is 16.5. The first-order valence-corrected chi connectivity index (χ1v) is 9.51. The first kappa shape index (κ1) is 19.4. The van der Waals surface area contributed by atoms with E-state index < -0.39 is 6.10 Å². The highest BCUT2D eigenvalue weighted by Crippen LogP contribution is 2.28. The Bertz CT molecular complexity index is 787. The Kier molecular flexibility index (Phi) is 6.48. The van der Waals surface area contributed by atoms with Gasteiger partial charge in [-0.15, -0.1) is 0 Å². The standard InChI is InChI=1S/C22H28N2O3/c1-15-6-5-9-20(16(15)2)24-21-8-4-3-7-19(21)22(26)23-12-18(25)14-27-13-17-10-11-17/h3-9,17-18,24-25H,10-14H2,1-2H3,(H,23,26)/t18-/m0/s1. The Morgan fingerprint density at radius 2 is 1.89 bits per heavy atom. The van der Waals surface area contributed by atoms with Crippen LogP contribution in [0.2, 0.25) is 0 Å². The van der Waals surface area contributed by atoms with E-state index in [9.17, 15) is 9.90 Å². The van der Waals surface area contributed by atoms with Gasteiger partial charge in [0.2, 0.25) is 0 Å². The second kappa shape index (κ2) is 9.02. The maximum absolute atomic E-state index is 12.6. The molecule has 1 amide bonds. The van der Waals surface area contributed by atoms with Crippen molar-refractivity contribution in [1.82, 2.24) is 5.32 Å². The van der Waals surface area contributed by atoms with Gasteiger partial charge in [-0.3, -0.25) is 4.79 Å². The molecule has 3 rings (SSSR count). The minimum Gasteiger partial charge on any atom is -0.389 e. The fraction of sp³-hybridized carbons (Fsp3) is 0.409. The number of amides is 1. The molecule has 0 radical (unpaired) electrons. The molecule has 0 unspecified atom stereocenters.